The summed E-state index contributed by atoms with van der Waals surface area (Å²) >= 11 is 0. The standard InChI is InChI=1S/C3H6NO.H3N/c4-2-1-3-5;/h1-2,4H2;1H3. The quantitative estimate of drug-likeness (QED) is 0.483. The van der Waals surface area contributed by atoms with E-state index >= 15 is 0 Å². The summed E-state index contributed by atoms with van der Waals surface area (Å²) in [6.45, 7) is 0.420. The third kappa shape index (κ3) is 9.53. The molecule has 0 amide bonds. The van der Waals surface area contributed by atoms with Crippen LogP contribution in [0.4, 0.5) is 0 Å². The van der Waals surface area contributed by atoms with Gasteiger partial charge >= 0.3 is 0 Å². The molecule has 0 unspecified atom stereocenters. The van der Waals surface area contributed by atoms with Crippen molar-refractivity contribution < 1.29 is 4.79 Å². The highest BCUT2D eigenvalue weighted by atomic mass is 16.1. The second-order valence-corrected chi connectivity index (χ2v) is 0.683. The molecule has 1 radical (unpaired) electrons. The van der Waals surface area contributed by atoms with E-state index in [0.717, 1.165) is 0 Å². The van der Waals surface area contributed by atoms with Crippen molar-refractivity contribution in [3.05, 3.63) is 0 Å². The lowest BCUT2D eigenvalue weighted by Gasteiger charge is -1.68. The first-order valence-corrected chi connectivity index (χ1v) is 1.47. The normalized spacial score (nSPS) is 6.17. The van der Waals surface area contributed by atoms with Crippen LogP contribution in [0.1, 0.15) is 6.42 Å². The van der Waals surface area contributed by atoms with Gasteiger partial charge in [-0.3, -0.25) is 4.79 Å². The second-order valence-electron chi connectivity index (χ2n) is 0.683. The smallest absolute Gasteiger partial charge is 0.199 e. The SMILES string of the molecule is N.NCC[C]=O. The van der Waals surface area contributed by atoms with Crippen molar-refractivity contribution in [2.75, 3.05) is 6.54 Å². The summed E-state index contributed by atoms with van der Waals surface area (Å²) in [4.78, 5) is 9.20. The van der Waals surface area contributed by atoms with Crippen molar-refractivity contribution in [1.29, 1.82) is 0 Å². The van der Waals surface area contributed by atoms with Crippen LogP contribution < -0.4 is 11.9 Å². The number of carbonyl (C=O) groups excluding carboxylic acids is 1. The predicted molar refractivity (Wildman–Crippen MR) is 24.4 cm³/mol. The van der Waals surface area contributed by atoms with Gasteiger partial charge in [-0.2, -0.15) is 0 Å². The maximum Gasteiger partial charge on any atom is 0.199 e. The number of rotatable bonds is 2. The minimum absolute atomic E-state index is 0. The molecule has 0 aliphatic carbocycles. The Hall–Kier alpha value is -0.410. The fourth-order valence-corrected chi connectivity index (χ4v) is 0.0589. The summed E-state index contributed by atoms with van der Waals surface area (Å²) in [5, 5.41) is 0. The molecule has 0 saturated heterocycles. The van der Waals surface area contributed by atoms with Crippen molar-refractivity contribution in [3.63, 3.8) is 0 Å². The van der Waals surface area contributed by atoms with Crippen LogP contribution in [0.2, 0.25) is 0 Å². The van der Waals surface area contributed by atoms with Crippen molar-refractivity contribution in [3.8, 4) is 0 Å². The molecular weight excluding hydrogens is 80.0 g/mol. The van der Waals surface area contributed by atoms with Crippen molar-refractivity contribution in [2.24, 2.45) is 5.73 Å². The highest BCUT2D eigenvalue weighted by molar-refractivity contribution is 5.50. The zero-order chi connectivity index (χ0) is 4.12. The molecule has 6 heavy (non-hydrogen) atoms. The van der Waals surface area contributed by atoms with Crippen LogP contribution in [-0.4, -0.2) is 12.8 Å². The fourth-order valence-electron chi connectivity index (χ4n) is 0.0589. The van der Waals surface area contributed by atoms with Crippen molar-refractivity contribution in [1.82, 2.24) is 6.15 Å². The molecule has 0 aliphatic rings. The van der Waals surface area contributed by atoms with E-state index in [2.05, 4.69) is 0 Å². The Bertz CT molecular complexity index is 30.0. The van der Waals surface area contributed by atoms with E-state index in [1.807, 2.05) is 0 Å². The van der Waals surface area contributed by atoms with Gasteiger partial charge in [0, 0.05) is 6.42 Å². The molecule has 0 spiro atoms. The molecule has 0 aromatic rings. The zero-order valence-electron chi connectivity index (χ0n) is 3.61. The minimum Gasteiger partial charge on any atom is -0.344 e. The van der Waals surface area contributed by atoms with E-state index in [1.165, 1.54) is 0 Å². The maximum absolute atomic E-state index is 9.20. The van der Waals surface area contributed by atoms with Gasteiger partial charge in [-0.1, -0.05) is 0 Å². The fraction of sp³-hybridized carbons (Fsp3) is 0.667. The van der Waals surface area contributed by atoms with Crippen LogP contribution in [0.5, 0.6) is 0 Å². The predicted octanol–water partition coefficient (Wildman–Crippen LogP) is -0.393. The van der Waals surface area contributed by atoms with Crippen LogP contribution in [0.15, 0.2) is 0 Å². The molecular formula is C3H9N2O. The lowest BCUT2D eigenvalue weighted by molar-refractivity contribution is 0.552. The van der Waals surface area contributed by atoms with Gasteiger partial charge in [-0.05, 0) is 6.54 Å². The lowest BCUT2D eigenvalue weighted by Crippen LogP contribution is -1.97. The highest BCUT2D eigenvalue weighted by Gasteiger charge is 1.68. The summed E-state index contributed by atoms with van der Waals surface area (Å²) in [6.07, 6.45) is 2.00. The Kier molecular flexibility index (Phi) is 13.4. The molecule has 3 nitrogen and oxygen atoms in total. The molecule has 0 aliphatic heterocycles. The molecule has 0 aromatic heterocycles. The average Bonchev–Trinajstić information content (AvgIpc) is 1.41. The highest BCUT2D eigenvalue weighted by Crippen LogP contribution is 1.54. The van der Waals surface area contributed by atoms with Crippen molar-refractivity contribution >= 4 is 6.29 Å². The Balaban J connectivity index is 0. The first kappa shape index (κ1) is 9.14. The minimum atomic E-state index is 0. The first-order chi connectivity index (χ1) is 2.41. The molecule has 0 aromatic carbocycles. The number of hydrogen-bond donors (Lipinski definition) is 2. The van der Waals surface area contributed by atoms with Gasteiger partial charge < -0.3 is 11.9 Å². The van der Waals surface area contributed by atoms with Gasteiger partial charge in [0.2, 0.25) is 0 Å². The Morgan fingerprint density at radius 1 is 1.67 bits per heavy atom. The van der Waals surface area contributed by atoms with Crippen LogP contribution >= 0.6 is 0 Å². The van der Waals surface area contributed by atoms with E-state index in [9.17, 15) is 4.79 Å². The summed E-state index contributed by atoms with van der Waals surface area (Å²) < 4.78 is 0. The average molecular weight is 89.1 g/mol. The van der Waals surface area contributed by atoms with Crippen LogP contribution in [-0.2, 0) is 4.79 Å². The largest absolute Gasteiger partial charge is 0.344 e. The van der Waals surface area contributed by atoms with Crippen molar-refractivity contribution in [2.45, 2.75) is 6.42 Å². The maximum atomic E-state index is 9.20. The van der Waals surface area contributed by atoms with Gasteiger partial charge in [0.25, 0.3) is 0 Å². The van der Waals surface area contributed by atoms with Gasteiger partial charge in [0.15, 0.2) is 6.29 Å². The molecule has 0 saturated carbocycles. The molecule has 0 fully saturated rings. The van der Waals surface area contributed by atoms with E-state index < -0.39 is 0 Å². The summed E-state index contributed by atoms with van der Waals surface area (Å²) in [5.74, 6) is 0. The Morgan fingerprint density at radius 3 is 2.17 bits per heavy atom. The first-order valence-electron chi connectivity index (χ1n) is 1.47. The molecule has 0 heterocycles. The van der Waals surface area contributed by atoms with Crippen LogP contribution in [0.3, 0.4) is 0 Å². The topological polar surface area (TPSA) is 78.1 Å². The van der Waals surface area contributed by atoms with E-state index in [4.69, 9.17) is 5.73 Å². The third-order valence-corrected chi connectivity index (χ3v) is 0.246. The van der Waals surface area contributed by atoms with Gasteiger partial charge in [0.05, 0.1) is 0 Å². The summed E-state index contributed by atoms with van der Waals surface area (Å²) in [7, 11) is 0. The number of hydrogen-bond acceptors (Lipinski definition) is 3. The van der Waals surface area contributed by atoms with Crippen LogP contribution in [0.25, 0.3) is 0 Å². The summed E-state index contributed by atoms with van der Waals surface area (Å²) in [5.41, 5.74) is 4.88. The van der Waals surface area contributed by atoms with Crippen LogP contribution in [0, 0.1) is 0 Å². The van der Waals surface area contributed by atoms with E-state index in [-0.39, 0.29) is 6.15 Å². The Labute approximate surface area is 37.1 Å². The molecule has 0 rings (SSSR count). The molecule has 0 bridgehead atoms. The molecule has 37 valence electrons. The lowest BCUT2D eigenvalue weighted by atomic mass is 10.5. The van der Waals surface area contributed by atoms with Gasteiger partial charge in [-0.25, -0.2) is 0 Å². The monoisotopic (exact) mass is 89.1 g/mol. The molecule has 5 N–H and O–H groups in total. The van der Waals surface area contributed by atoms with E-state index in [0.29, 0.717) is 13.0 Å². The van der Waals surface area contributed by atoms with Gasteiger partial charge in [0.1, 0.15) is 0 Å². The Morgan fingerprint density at radius 2 is 2.17 bits per heavy atom. The number of nitrogens with two attached hydrogens (primary N) is 1. The molecule has 0 atom stereocenters. The zero-order valence-corrected chi connectivity index (χ0v) is 3.61. The molecule has 3 heteroatoms. The van der Waals surface area contributed by atoms with E-state index in [1.54, 1.807) is 6.29 Å². The second kappa shape index (κ2) is 8.82. The third-order valence-electron chi connectivity index (χ3n) is 0.246. The summed E-state index contributed by atoms with van der Waals surface area (Å²) in [6, 6.07) is 0. The van der Waals surface area contributed by atoms with Gasteiger partial charge in [-0.15, -0.1) is 0 Å².